The highest BCUT2D eigenvalue weighted by atomic mass is 32.1. The lowest BCUT2D eigenvalue weighted by molar-refractivity contribution is 0.0527. The number of amides is 1. The van der Waals surface area contributed by atoms with Gasteiger partial charge in [0.25, 0.3) is 5.91 Å². The minimum absolute atomic E-state index is 0.0333. The zero-order valence-corrected chi connectivity index (χ0v) is 19.3. The number of thiophene rings is 1. The molecule has 166 valence electrons. The SMILES string of the molecule is CCOC(=O)c1sc(NC(=S)NC(=O)c2cccc(OCC)c2)c(C(=O)OCC)c1C. The minimum Gasteiger partial charge on any atom is -0.494 e. The lowest BCUT2D eigenvalue weighted by Gasteiger charge is -2.11. The Morgan fingerprint density at radius 3 is 2.35 bits per heavy atom. The van der Waals surface area contributed by atoms with Crippen LogP contribution in [0.3, 0.4) is 0 Å². The summed E-state index contributed by atoms with van der Waals surface area (Å²) < 4.78 is 15.6. The Morgan fingerprint density at radius 1 is 1.03 bits per heavy atom. The molecule has 0 aliphatic rings. The van der Waals surface area contributed by atoms with E-state index < -0.39 is 17.8 Å². The predicted molar refractivity (Wildman–Crippen MR) is 122 cm³/mol. The largest absolute Gasteiger partial charge is 0.494 e. The average Bonchev–Trinajstić information content (AvgIpc) is 3.04. The van der Waals surface area contributed by atoms with Crippen LogP contribution in [0, 0.1) is 6.92 Å². The maximum absolute atomic E-state index is 12.5. The Morgan fingerprint density at radius 2 is 1.71 bits per heavy atom. The number of carbonyl (C=O) groups excluding carboxylic acids is 3. The Labute approximate surface area is 189 Å². The van der Waals surface area contributed by atoms with Crippen molar-refractivity contribution in [1.29, 1.82) is 0 Å². The Balaban J connectivity index is 2.23. The predicted octanol–water partition coefficient (Wildman–Crippen LogP) is 3.94. The number of thiocarbonyl (C=S) groups is 1. The Kier molecular flexibility index (Phi) is 8.95. The van der Waals surface area contributed by atoms with Gasteiger partial charge in [0.15, 0.2) is 5.11 Å². The van der Waals surface area contributed by atoms with Gasteiger partial charge in [0.05, 0.1) is 25.4 Å². The van der Waals surface area contributed by atoms with E-state index in [9.17, 15) is 14.4 Å². The van der Waals surface area contributed by atoms with Gasteiger partial charge in [-0.1, -0.05) is 6.07 Å². The number of hydrogen-bond acceptors (Lipinski definition) is 8. The first-order chi connectivity index (χ1) is 14.8. The molecule has 1 amide bonds. The van der Waals surface area contributed by atoms with Gasteiger partial charge in [-0.25, -0.2) is 9.59 Å². The van der Waals surface area contributed by atoms with Crippen LogP contribution in [0.1, 0.15) is 56.7 Å². The van der Waals surface area contributed by atoms with Crippen LogP contribution in [0.2, 0.25) is 0 Å². The number of benzene rings is 1. The third-order valence-electron chi connectivity index (χ3n) is 3.95. The second kappa shape index (κ2) is 11.4. The van der Waals surface area contributed by atoms with Crippen molar-refractivity contribution in [3.05, 3.63) is 45.8 Å². The van der Waals surface area contributed by atoms with Gasteiger partial charge in [0.2, 0.25) is 0 Å². The van der Waals surface area contributed by atoms with E-state index in [1.54, 1.807) is 45.0 Å². The number of ether oxygens (including phenoxy) is 3. The molecule has 1 aromatic heterocycles. The topological polar surface area (TPSA) is 103 Å². The van der Waals surface area contributed by atoms with Crippen molar-refractivity contribution in [3.8, 4) is 5.75 Å². The fourth-order valence-corrected chi connectivity index (χ4v) is 4.00. The van der Waals surface area contributed by atoms with Crippen LogP contribution in [0.25, 0.3) is 0 Å². The van der Waals surface area contributed by atoms with Gasteiger partial charge >= 0.3 is 11.9 Å². The zero-order valence-electron chi connectivity index (χ0n) is 17.7. The highest BCUT2D eigenvalue weighted by molar-refractivity contribution is 7.80. The molecule has 0 saturated carbocycles. The van der Waals surface area contributed by atoms with Crippen molar-refractivity contribution < 1.29 is 28.6 Å². The van der Waals surface area contributed by atoms with Crippen LogP contribution in [-0.4, -0.2) is 42.8 Å². The molecule has 8 nitrogen and oxygen atoms in total. The van der Waals surface area contributed by atoms with Crippen LogP contribution in [0.4, 0.5) is 5.00 Å². The van der Waals surface area contributed by atoms with Crippen LogP contribution in [0.5, 0.6) is 5.75 Å². The Hall–Kier alpha value is -2.98. The summed E-state index contributed by atoms with van der Waals surface area (Å²) in [6.45, 7) is 7.68. The molecule has 0 fully saturated rings. The first-order valence-electron chi connectivity index (χ1n) is 9.65. The summed E-state index contributed by atoms with van der Waals surface area (Å²) in [5.41, 5.74) is 0.947. The van der Waals surface area contributed by atoms with E-state index in [0.29, 0.717) is 23.5 Å². The molecule has 0 spiro atoms. The zero-order chi connectivity index (χ0) is 23.0. The van der Waals surface area contributed by atoms with Gasteiger partial charge in [-0.05, 0) is 63.7 Å². The van der Waals surface area contributed by atoms with Crippen LogP contribution >= 0.6 is 23.6 Å². The first kappa shape index (κ1) is 24.3. The summed E-state index contributed by atoms with van der Waals surface area (Å²) in [6, 6.07) is 6.66. The normalized spacial score (nSPS) is 10.2. The van der Waals surface area contributed by atoms with Gasteiger partial charge in [0.1, 0.15) is 15.6 Å². The number of anilines is 1. The summed E-state index contributed by atoms with van der Waals surface area (Å²) in [7, 11) is 0. The van der Waals surface area contributed by atoms with Crippen molar-refractivity contribution in [1.82, 2.24) is 5.32 Å². The van der Waals surface area contributed by atoms with Crippen molar-refractivity contribution in [2.45, 2.75) is 27.7 Å². The number of nitrogens with one attached hydrogen (secondary N) is 2. The van der Waals surface area contributed by atoms with Crippen LogP contribution in [-0.2, 0) is 9.47 Å². The average molecular weight is 465 g/mol. The quantitative estimate of drug-likeness (QED) is 0.447. The van der Waals surface area contributed by atoms with E-state index in [1.165, 1.54) is 0 Å². The van der Waals surface area contributed by atoms with Gasteiger partial charge in [-0.3, -0.25) is 10.1 Å². The van der Waals surface area contributed by atoms with E-state index in [4.69, 9.17) is 26.4 Å². The smallest absolute Gasteiger partial charge is 0.348 e. The van der Waals surface area contributed by atoms with Crippen molar-refractivity contribution in [2.75, 3.05) is 25.1 Å². The Bertz CT molecular complexity index is 986. The molecule has 10 heteroatoms. The number of carbonyl (C=O) groups is 3. The number of esters is 2. The fourth-order valence-electron chi connectivity index (χ4n) is 2.65. The number of rotatable bonds is 8. The molecule has 0 aliphatic carbocycles. The third-order valence-corrected chi connectivity index (χ3v) is 5.34. The second-order valence-electron chi connectivity index (χ2n) is 6.07. The van der Waals surface area contributed by atoms with Crippen molar-refractivity contribution >= 4 is 51.5 Å². The summed E-state index contributed by atoms with van der Waals surface area (Å²) in [4.78, 5) is 37.5. The van der Waals surface area contributed by atoms with E-state index in [0.717, 1.165) is 11.3 Å². The highest BCUT2D eigenvalue weighted by Gasteiger charge is 2.27. The van der Waals surface area contributed by atoms with Gasteiger partial charge in [-0.2, -0.15) is 0 Å². The molecule has 1 heterocycles. The van der Waals surface area contributed by atoms with E-state index in [2.05, 4.69) is 10.6 Å². The molecule has 0 saturated heterocycles. The van der Waals surface area contributed by atoms with Gasteiger partial charge in [-0.15, -0.1) is 11.3 Å². The maximum Gasteiger partial charge on any atom is 0.348 e. The van der Waals surface area contributed by atoms with E-state index in [1.807, 2.05) is 6.92 Å². The van der Waals surface area contributed by atoms with Gasteiger partial charge in [0, 0.05) is 5.56 Å². The maximum atomic E-state index is 12.5. The van der Waals surface area contributed by atoms with Crippen LogP contribution in [0.15, 0.2) is 24.3 Å². The standard InChI is InChI=1S/C21H24N2O6S2/c1-5-27-14-10-8-9-13(11-14)17(24)22-21(30)23-18-15(19(25)28-6-2)12(4)16(31-18)20(26)29-7-3/h8-11H,5-7H2,1-4H3,(H2,22,23,24,30). The molecule has 0 aliphatic heterocycles. The molecular formula is C21H24N2O6S2. The monoisotopic (exact) mass is 464 g/mol. The van der Waals surface area contributed by atoms with Crippen molar-refractivity contribution in [2.24, 2.45) is 0 Å². The summed E-state index contributed by atoms with van der Waals surface area (Å²) >= 11 is 6.24. The lowest BCUT2D eigenvalue weighted by atomic mass is 10.1. The number of hydrogen-bond donors (Lipinski definition) is 2. The van der Waals surface area contributed by atoms with Gasteiger partial charge < -0.3 is 19.5 Å². The lowest BCUT2D eigenvalue weighted by Crippen LogP contribution is -2.34. The first-order valence-corrected chi connectivity index (χ1v) is 10.9. The second-order valence-corrected chi connectivity index (χ2v) is 7.50. The minimum atomic E-state index is -0.604. The van der Waals surface area contributed by atoms with E-state index in [-0.39, 0.29) is 33.8 Å². The molecule has 31 heavy (non-hydrogen) atoms. The summed E-state index contributed by atoms with van der Waals surface area (Å²) in [6.07, 6.45) is 0. The van der Waals surface area contributed by atoms with Crippen LogP contribution < -0.4 is 15.4 Å². The molecule has 0 bridgehead atoms. The molecular weight excluding hydrogens is 440 g/mol. The third kappa shape index (κ3) is 6.25. The summed E-state index contributed by atoms with van der Waals surface area (Å²) in [5.74, 6) is -1.04. The van der Waals surface area contributed by atoms with Crippen molar-refractivity contribution in [3.63, 3.8) is 0 Å². The molecule has 0 unspecified atom stereocenters. The molecule has 2 N–H and O–H groups in total. The molecule has 2 rings (SSSR count). The molecule has 0 radical (unpaired) electrons. The van der Waals surface area contributed by atoms with E-state index >= 15 is 0 Å². The molecule has 2 aromatic rings. The fraction of sp³-hybridized carbons (Fsp3) is 0.333. The molecule has 0 atom stereocenters. The highest BCUT2D eigenvalue weighted by Crippen LogP contribution is 2.34. The molecule has 1 aromatic carbocycles. The summed E-state index contributed by atoms with van der Waals surface area (Å²) in [5, 5.41) is 5.64.